The fraction of sp³-hybridized carbons (Fsp3) is 0.375. The van der Waals surface area contributed by atoms with Crippen LogP contribution < -0.4 is 11.1 Å². The summed E-state index contributed by atoms with van der Waals surface area (Å²) in [7, 11) is 0. The molecule has 4 nitrogen and oxygen atoms in total. The zero-order chi connectivity index (χ0) is 15.5. The molecule has 0 saturated carbocycles. The molecule has 0 bridgehead atoms. The molecule has 0 atom stereocenters. The molecule has 1 heterocycles. The van der Waals surface area contributed by atoms with Gasteiger partial charge in [-0.05, 0) is 17.7 Å². The van der Waals surface area contributed by atoms with E-state index in [-0.39, 0.29) is 11.3 Å². The number of anilines is 1. The van der Waals surface area contributed by atoms with E-state index in [9.17, 15) is 4.79 Å². The first kappa shape index (κ1) is 15.5. The molecule has 112 valence electrons. The van der Waals surface area contributed by atoms with Crippen LogP contribution in [-0.2, 0) is 23.2 Å². The third kappa shape index (κ3) is 4.56. The minimum Gasteiger partial charge on any atom is -0.399 e. The number of hydrogen-bond donors (Lipinski definition) is 2. The fourth-order valence-corrected chi connectivity index (χ4v) is 2.75. The molecule has 0 aliphatic carbocycles. The normalized spacial score (nSPS) is 11.4. The van der Waals surface area contributed by atoms with Gasteiger partial charge in [-0.25, -0.2) is 4.98 Å². The summed E-state index contributed by atoms with van der Waals surface area (Å²) in [6.07, 6.45) is 0.359. The van der Waals surface area contributed by atoms with Crippen molar-refractivity contribution in [2.75, 3.05) is 5.73 Å². The summed E-state index contributed by atoms with van der Waals surface area (Å²) < 4.78 is 0. The predicted molar refractivity (Wildman–Crippen MR) is 87.2 cm³/mol. The second-order valence-electron chi connectivity index (χ2n) is 6.07. The van der Waals surface area contributed by atoms with Gasteiger partial charge in [-0.15, -0.1) is 11.3 Å². The van der Waals surface area contributed by atoms with E-state index in [1.165, 1.54) is 0 Å². The summed E-state index contributed by atoms with van der Waals surface area (Å²) in [6.45, 7) is 6.87. The zero-order valence-electron chi connectivity index (χ0n) is 12.6. The van der Waals surface area contributed by atoms with Crippen molar-refractivity contribution in [3.05, 3.63) is 45.9 Å². The molecule has 0 unspecified atom stereocenters. The number of rotatable bonds is 4. The Hall–Kier alpha value is -1.88. The maximum atomic E-state index is 11.9. The number of carbonyl (C=O) groups is 1. The van der Waals surface area contributed by atoms with Gasteiger partial charge in [-0.3, -0.25) is 4.79 Å². The highest BCUT2D eigenvalue weighted by molar-refractivity contribution is 7.09. The minimum atomic E-state index is -0.00715. The number of carbonyl (C=O) groups excluding carboxylic acids is 1. The van der Waals surface area contributed by atoms with E-state index in [2.05, 4.69) is 36.5 Å². The van der Waals surface area contributed by atoms with Crippen LogP contribution in [0.25, 0.3) is 0 Å². The Labute approximate surface area is 129 Å². The standard InChI is InChI=1S/C16H21N3OS/c1-16(2,3)13-10-21-15(19-13)9-18-14(20)8-11-4-6-12(17)7-5-11/h4-7,10H,8-9,17H2,1-3H3,(H,18,20). The summed E-state index contributed by atoms with van der Waals surface area (Å²) >= 11 is 1.58. The van der Waals surface area contributed by atoms with Gasteiger partial charge in [-0.2, -0.15) is 0 Å². The molecule has 0 fully saturated rings. The van der Waals surface area contributed by atoms with Gasteiger partial charge in [0.2, 0.25) is 5.91 Å². The van der Waals surface area contributed by atoms with Crippen LogP contribution in [-0.4, -0.2) is 10.9 Å². The zero-order valence-corrected chi connectivity index (χ0v) is 13.5. The van der Waals surface area contributed by atoms with E-state index in [4.69, 9.17) is 5.73 Å². The topological polar surface area (TPSA) is 68.0 Å². The van der Waals surface area contributed by atoms with Crippen LogP contribution in [0.3, 0.4) is 0 Å². The molecule has 0 aliphatic heterocycles. The molecule has 2 aromatic rings. The van der Waals surface area contributed by atoms with Crippen molar-refractivity contribution >= 4 is 22.9 Å². The first-order valence-electron chi connectivity index (χ1n) is 6.90. The van der Waals surface area contributed by atoms with Gasteiger partial charge in [0.1, 0.15) is 5.01 Å². The second kappa shape index (κ2) is 6.26. The average molecular weight is 303 g/mol. The van der Waals surface area contributed by atoms with Gasteiger partial charge in [0, 0.05) is 16.5 Å². The number of thiazole rings is 1. The number of amides is 1. The van der Waals surface area contributed by atoms with Crippen LogP contribution >= 0.6 is 11.3 Å². The molecule has 0 aliphatic rings. The van der Waals surface area contributed by atoms with Crippen molar-refractivity contribution in [2.24, 2.45) is 0 Å². The summed E-state index contributed by atoms with van der Waals surface area (Å²) in [5, 5.41) is 5.90. The highest BCUT2D eigenvalue weighted by atomic mass is 32.1. The van der Waals surface area contributed by atoms with Gasteiger partial charge in [0.15, 0.2) is 0 Å². The van der Waals surface area contributed by atoms with Crippen molar-refractivity contribution in [3.8, 4) is 0 Å². The molecule has 3 N–H and O–H groups in total. The van der Waals surface area contributed by atoms with Gasteiger partial charge in [-0.1, -0.05) is 32.9 Å². The monoisotopic (exact) mass is 303 g/mol. The predicted octanol–water partition coefficient (Wildman–Crippen LogP) is 2.88. The van der Waals surface area contributed by atoms with E-state index in [1.54, 1.807) is 23.5 Å². The van der Waals surface area contributed by atoms with Crippen LogP contribution in [0.4, 0.5) is 5.69 Å². The third-order valence-corrected chi connectivity index (χ3v) is 3.95. The number of nitrogens with one attached hydrogen (secondary N) is 1. The molecule has 2 rings (SSSR count). The Morgan fingerprint density at radius 1 is 1.29 bits per heavy atom. The molecule has 0 radical (unpaired) electrons. The molecule has 21 heavy (non-hydrogen) atoms. The molecule has 1 aromatic heterocycles. The van der Waals surface area contributed by atoms with Gasteiger partial charge in [0.25, 0.3) is 0 Å². The van der Waals surface area contributed by atoms with Crippen molar-refractivity contribution in [3.63, 3.8) is 0 Å². The highest BCUT2D eigenvalue weighted by Crippen LogP contribution is 2.23. The van der Waals surface area contributed by atoms with E-state index < -0.39 is 0 Å². The Bertz CT molecular complexity index is 611. The Morgan fingerprint density at radius 2 is 1.95 bits per heavy atom. The second-order valence-corrected chi connectivity index (χ2v) is 7.01. The lowest BCUT2D eigenvalue weighted by molar-refractivity contribution is -0.120. The van der Waals surface area contributed by atoms with Crippen molar-refractivity contribution in [1.29, 1.82) is 0 Å². The van der Waals surface area contributed by atoms with E-state index in [0.29, 0.717) is 18.7 Å². The van der Waals surface area contributed by atoms with Gasteiger partial charge < -0.3 is 11.1 Å². The van der Waals surface area contributed by atoms with Crippen LogP contribution in [0.5, 0.6) is 0 Å². The summed E-state index contributed by atoms with van der Waals surface area (Å²) in [5.41, 5.74) is 8.39. The number of hydrogen-bond acceptors (Lipinski definition) is 4. The third-order valence-electron chi connectivity index (χ3n) is 3.10. The molecule has 1 aromatic carbocycles. The van der Waals surface area contributed by atoms with Crippen molar-refractivity contribution in [1.82, 2.24) is 10.3 Å². The van der Waals surface area contributed by atoms with E-state index >= 15 is 0 Å². The van der Waals surface area contributed by atoms with Crippen molar-refractivity contribution < 1.29 is 4.79 Å². The summed E-state index contributed by atoms with van der Waals surface area (Å²) in [4.78, 5) is 16.5. The number of nitrogens with two attached hydrogens (primary N) is 1. The molecule has 0 saturated heterocycles. The molecular formula is C16H21N3OS. The molecule has 5 heteroatoms. The molecule has 0 spiro atoms. The Morgan fingerprint density at radius 3 is 2.52 bits per heavy atom. The van der Waals surface area contributed by atoms with Crippen LogP contribution in [0, 0.1) is 0 Å². The smallest absolute Gasteiger partial charge is 0.224 e. The first-order chi connectivity index (χ1) is 9.84. The average Bonchev–Trinajstić information content (AvgIpc) is 2.88. The fourth-order valence-electron chi connectivity index (χ4n) is 1.79. The van der Waals surface area contributed by atoms with Crippen LogP contribution in [0.2, 0.25) is 0 Å². The highest BCUT2D eigenvalue weighted by Gasteiger charge is 2.17. The lowest BCUT2D eigenvalue weighted by Gasteiger charge is -2.14. The number of benzene rings is 1. The lowest BCUT2D eigenvalue weighted by atomic mass is 9.93. The number of nitrogen functional groups attached to an aromatic ring is 1. The quantitative estimate of drug-likeness (QED) is 0.853. The maximum Gasteiger partial charge on any atom is 0.224 e. The van der Waals surface area contributed by atoms with E-state index in [1.807, 2.05) is 12.1 Å². The first-order valence-corrected chi connectivity index (χ1v) is 7.78. The number of nitrogens with zero attached hydrogens (tertiary/aromatic N) is 1. The Kier molecular flexibility index (Phi) is 4.63. The number of aromatic nitrogens is 1. The van der Waals surface area contributed by atoms with Crippen LogP contribution in [0.1, 0.15) is 37.0 Å². The van der Waals surface area contributed by atoms with E-state index in [0.717, 1.165) is 16.3 Å². The van der Waals surface area contributed by atoms with Crippen LogP contribution in [0.15, 0.2) is 29.6 Å². The molecular weight excluding hydrogens is 282 g/mol. The molecule has 1 amide bonds. The maximum absolute atomic E-state index is 11.9. The minimum absolute atomic E-state index is 0.00715. The van der Waals surface area contributed by atoms with Gasteiger partial charge in [0.05, 0.1) is 18.7 Å². The van der Waals surface area contributed by atoms with Crippen molar-refractivity contribution in [2.45, 2.75) is 39.2 Å². The largest absolute Gasteiger partial charge is 0.399 e. The Balaban J connectivity index is 1.86. The SMILES string of the molecule is CC(C)(C)c1csc(CNC(=O)Cc2ccc(N)cc2)n1. The van der Waals surface area contributed by atoms with Gasteiger partial charge >= 0.3 is 0 Å². The summed E-state index contributed by atoms with van der Waals surface area (Å²) in [5.74, 6) is -0.00715. The summed E-state index contributed by atoms with van der Waals surface area (Å²) in [6, 6.07) is 7.35. The lowest BCUT2D eigenvalue weighted by Crippen LogP contribution is -2.24.